The number of amides is 2. The fourth-order valence-electron chi connectivity index (χ4n) is 3.88. The number of thiophene rings is 1. The highest BCUT2D eigenvalue weighted by molar-refractivity contribution is 7.19. The maximum Gasteiger partial charge on any atom is 0.317 e. The van der Waals surface area contributed by atoms with Crippen molar-refractivity contribution in [1.29, 1.82) is 0 Å². The van der Waals surface area contributed by atoms with Crippen molar-refractivity contribution < 1.29 is 4.79 Å². The van der Waals surface area contributed by atoms with Gasteiger partial charge in [0, 0.05) is 41.8 Å². The van der Waals surface area contributed by atoms with Crippen molar-refractivity contribution in [3.05, 3.63) is 83.3 Å². The Morgan fingerprint density at radius 1 is 1.21 bits per heavy atom. The fourth-order valence-corrected chi connectivity index (χ4v) is 4.94. The molecule has 4 nitrogen and oxygen atoms in total. The molecule has 3 aromatic rings. The first-order valence-corrected chi connectivity index (χ1v) is 11.0. The third-order valence-electron chi connectivity index (χ3n) is 5.37. The topological polar surface area (TPSA) is 44.4 Å². The smallest absolute Gasteiger partial charge is 0.317 e. The van der Waals surface area contributed by atoms with Gasteiger partial charge in [0.15, 0.2) is 0 Å². The molecule has 0 aliphatic carbocycles. The van der Waals surface area contributed by atoms with Crippen LogP contribution in [0.4, 0.5) is 4.79 Å². The van der Waals surface area contributed by atoms with Crippen molar-refractivity contribution >= 4 is 27.5 Å². The third kappa shape index (κ3) is 4.86. The molecule has 1 aromatic heterocycles. The van der Waals surface area contributed by atoms with Crippen LogP contribution in [0.25, 0.3) is 10.1 Å². The Bertz CT molecular complexity index is 963. The largest absolute Gasteiger partial charge is 0.338 e. The molecule has 2 amide bonds. The van der Waals surface area contributed by atoms with Crippen molar-refractivity contribution in [2.45, 2.75) is 25.4 Å². The molecule has 1 unspecified atom stereocenters. The van der Waals surface area contributed by atoms with E-state index >= 15 is 0 Å². The quantitative estimate of drug-likeness (QED) is 0.574. The number of nitrogens with zero attached hydrogens (tertiary/aromatic N) is 1. The number of carbonyl (C=O) groups excluding carboxylic acids is 1. The fraction of sp³-hybridized carbons (Fsp3) is 0.292. The summed E-state index contributed by atoms with van der Waals surface area (Å²) in [5.74, 6) is 0. The van der Waals surface area contributed by atoms with Gasteiger partial charge in [-0.05, 0) is 41.5 Å². The molecule has 5 heteroatoms. The summed E-state index contributed by atoms with van der Waals surface area (Å²) in [5, 5.41) is 7.92. The lowest BCUT2D eigenvalue weighted by Gasteiger charge is -2.31. The zero-order chi connectivity index (χ0) is 20.1. The molecule has 1 aliphatic rings. The van der Waals surface area contributed by atoms with Crippen LogP contribution >= 0.6 is 11.3 Å². The maximum absolute atomic E-state index is 12.8. The Kier molecular flexibility index (Phi) is 6.27. The number of nitrogens with one attached hydrogen (secondary N) is 2. The van der Waals surface area contributed by atoms with E-state index in [1.54, 1.807) is 17.4 Å². The average Bonchev–Trinajstić information content (AvgIpc) is 3.16. The molecule has 2 N–H and O–H groups in total. The number of rotatable bonds is 7. The summed E-state index contributed by atoms with van der Waals surface area (Å²) in [6.45, 7) is 6.55. The average molecular weight is 406 g/mol. The highest BCUT2D eigenvalue weighted by Crippen LogP contribution is 2.25. The van der Waals surface area contributed by atoms with E-state index in [-0.39, 0.29) is 12.1 Å². The van der Waals surface area contributed by atoms with Crippen LogP contribution in [-0.2, 0) is 19.4 Å². The molecule has 29 heavy (non-hydrogen) atoms. The predicted molar refractivity (Wildman–Crippen MR) is 121 cm³/mol. The first-order chi connectivity index (χ1) is 14.2. The van der Waals surface area contributed by atoms with Crippen LogP contribution < -0.4 is 10.6 Å². The first-order valence-electron chi connectivity index (χ1n) is 10.1. The van der Waals surface area contributed by atoms with Gasteiger partial charge in [-0.2, -0.15) is 0 Å². The number of fused-ring (bicyclic) bond motifs is 2. The van der Waals surface area contributed by atoms with Crippen molar-refractivity contribution in [1.82, 2.24) is 15.5 Å². The van der Waals surface area contributed by atoms with Gasteiger partial charge in [0.2, 0.25) is 0 Å². The number of hydrogen-bond donors (Lipinski definition) is 2. The lowest BCUT2D eigenvalue weighted by atomic mass is 9.95. The molecule has 2 aromatic carbocycles. The standard InChI is InChI=1S/C24H27N3OS/c1-2-13-27(17-21-14-18-7-3-4-9-20(18)16-26-21)24(28)25-12-11-22-15-19-8-5-6-10-23(19)29-22/h2-10,15,21,26H,1,11-14,16-17H2,(H,25,28). The van der Waals surface area contributed by atoms with Gasteiger partial charge in [0.25, 0.3) is 0 Å². The van der Waals surface area contributed by atoms with Crippen LogP contribution in [0, 0.1) is 0 Å². The zero-order valence-electron chi connectivity index (χ0n) is 16.6. The van der Waals surface area contributed by atoms with E-state index in [0.717, 1.165) is 19.4 Å². The van der Waals surface area contributed by atoms with Crippen LogP contribution in [0.2, 0.25) is 0 Å². The Labute approximate surface area is 176 Å². The van der Waals surface area contributed by atoms with E-state index in [1.807, 2.05) is 4.90 Å². The summed E-state index contributed by atoms with van der Waals surface area (Å²) in [6.07, 6.45) is 3.59. The second kappa shape index (κ2) is 9.25. The van der Waals surface area contributed by atoms with E-state index in [0.29, 0.717) is 19.6 Å². The number of hydrogen-bond acceptors (Lipinski definition) is 3. The number of benzene rings is 2. The predicted octanol–water partition coefficient (Wildman–Crippen LogP) is 4.36. The molecule has 0 spiro atoms. The first kappa shape index (κ1) is 19.7. The summed E-state index contributed by atoms with van der Waals surface area (Å²) < 4.78 is 1.30. The highest BCUT2D eigenvalue weighted by atomic mass is 32.1. The summed E-state index contributed by atoms with van der Waals surface area (Å²) >= 11 is 1.80. The van der Waals surface area contributed by atoms with Crippen LogP contribution in [0.1, 0.15) is 16.0 Å². The van der Waals surface area contributed by atoms with Gasteiger partial charge >= 0.3 is 6.03 Å². The van der Waals surface area contributed by atoms with Gasteiger partial charge in [0.05, 0.1) is 0 Å². The molecule has 0 bridgehead atoms. The van der Waals surface area contributed by atoms with Crippen LogP contribution in [0.15, 0.2) is 67.3 Å². The van der Waals surface area contributed by atoms with Crippen molar-refractivity contribution in [3.63, 3.8) is 0 Å². The van der Waals surface area contributed by atoms with E-state index < -0.39 is 0 Å². The second-order valence-electron chi connectivity index (χ2n) is 7.48. The molecule has 1 atom stereocenters. The second-order valence-corrected chi connectivity index (χ2v) is 8.65. The minimum Gasteiger partial charge on any atom is -0.338 e. The van der Waals surface area contributed by atoms with Gasteiger partial charge in [-0.15, -0.1) is 17.9 Å². The molecule has 2 heterocycles. The molecule has 0 radical (unpaired) electrons. The third-order valence-corrected chi connectivity index (χ3v) is 6.54. The highest BCUT2D eigenvalue weighted by Gasteiger charge is 2.22. The lowest BCUT2D eigenvalue weighted by molar-refractivity contribution is 0.196. The molecule has 0 saturated carbocycles. The van der Waals surface area contributed by atoms with Gasteiger partial charge in [-0.25, -0.2) is 4.79 Å². The molecular weight excluding hydrogens is 378 g/mol. The van der Waals surface area contributed by atoms with Gasteiger partial charge in [-0.1, -0.05) is 48.5 Å². The number of carbonyl (C=O) groups is 1. The Morgan fingerprint density at radius 2 is 2.00 bits per heavy atom. The van der Waals surface area contributed by atoms with Gasteiger partial charge < -0.3 is 15.5 Å². The maximum atomic E-state index is 12.8. The molecule has 4 rings (SSSR count). The van der Waals surface area contributed by atoms with Crippen molar-refractivity contribution in [2.75, 3.05) is 19.6 Å². The van der Waals surface area contributed by atoms with Crippen LogP contribution in [-0.4, -0.2) is 36.6 Å². The normalized spacial score (nSPS) is 15.7. The van der Waals surface area contributed by atoms with E-state index in [4.69, 9.17) is 0 Å². The summed E-state index contributed by atoms with van der Waals surface area (Å²) in [6, 6.07) is 19.4. The minimum absolute atomic E-state index is 0.0216. The van der Waals surface area contributed by atoms with Gasteiger partial charge in [-0.3, -0.25) is 0 Å². The van der Waals surface area contributed by atoms with E-state index in [9.17, 15) is 4.79 Å². The Balaban J connectivity index is 1.31. The SMILES string of the molecule is C=CCN(CC1Cc2ccccc2CN1)C(=O)NCCc1cc2ccccc2s1. The van der Waals surface area contributed by atoms with Crippen LogP contribution in [0.3, 0.4) is 0 Å². The van der Waals surface area contributed by atoms with Crippen molar-refractivity contribution in [3.8, 4) is 0 Å². The Hall–Kier alpha value is -2.63. The lowest BCUT2D eigenvalue weighted by Crippen LogP contribution is -2.49. The number of urea groups is 1. The summed E-state index contributed by atoms with van der Waals surface area (Å²) in [5.41, 5.74) is 2.73. The van der Waals surface area contributed by atoms with Gasteiger partial charge in [0.1, 0.15) is 0 Å². The van der Waals surface area contributed by atoms with Crippen molar-refractivity contribution in [2.24, 2.45) is 0 Å². The molecule has 0 fully saturated rings. The summed E-state index contributed by atoms with van der Waals surface area (Å²) in [7, 11) is 0. The molecule has 150 valence electrons. The monoisotopic (exact) mass is 405 g/mol. The molecule has 0 saturated heterocycles. The minimum atomic E-state index is -0.0216. The summed E-state index contributed by atoms with van der Waals surface area (Å²) in [4.78, 5) is 15.9. The van der Waals surface area contributed by atoms with E-state index in [2.05, 4.69) is 71.8 Å². The Morgan fingerprint density at radius 3 is 2.83 bits per heavy atom. The molecule has 1 aliphatic heterocycles. The van der Waals surface area contributed by atoms with Crippen LogP contribution in [0.5, 0.6) is 0 Å². The molecular formula is C24H27N3OS. The van der Waals surface area contributed by atoms with E-state index in [1.165, 1.54) is 26.1 Å². The zero-order valence-corrected chi connectivity index (χ0v) is 17.4.